The zero-order chi connectivity index (χ0) is 24.9. The van der Waals surface area contributed by atoms with Crippen molar-refractivity contribution in [2.24, 2.45) is 0 Å². The Morgan fingerprint density at radius 3 is 0.969 bits per heavy atom. The molecule has 0 aliphatic heterocycles. The third-order valence-corrected chi connectivity index (χ3v) is 5.24. The lowest BCUT2D eigenvalue weighted by molar-refractivity contribution is -0.239. The molecule has 0 aromatic carbocycles. The average molecular weight is 472 g/mol. The molecule has 2 saturated carbocycles. The SMILES string of the molecule is CC(=O)O[C@@H]1C(O)[C@H](OC(C)=O)[C@@H](O)C(O)[C@H]1O.CO[C@@H]1C(O)[C@H](OC)[C@@H](O)C(O)[C@H]1O. The maximum atomic E-state index is 10.8. The van der Waals surface area contributed by atoms with Crippen LogP contribution in [0.15, 0.2) is 0 Å². The Morgan fingerprint density at radius 1 is 0.469 bits per heavy atom. The molecule has 2 rings (SSSR count). The van der Waals surface area contributed by atoms with Crippen LogP contribution in [0.1, 0.15) is 13.8 Å². The van der Waals surface area contributed by atoms with Gasteiger partial charge in [-0.15, -0.1) is 0 Å². The molecule has 14 heteroatoms. The molecule has 8 N–H and O–H groups in total. The summed E-state index contributed by atoms with van der Waals surface area (Å²) >= 11 is 0. The highest BCUT2D eigenvalue weighted by atomic mass is 16.6. The number of rotatable bonds is 4. The lowest BCUT2D eigenvalue weighted by atomic mass is 9.84. The van der Waals surface area contributed by atoms with E-state index in [1.165, 1.54) is 14.2 Å². The normalized spacial score (nSPS) is 44.1. The zero-order valence-corrected chi connectivity index (χ0v) is 18.0. The first-order chi connectivity index (χ1) is 14.8. The minimum atomic E-state index is -1.71. The summed E-state index contributed by atoms with van der Waals surface area (Å²) in [6.45, 7) is 2.11. The molecule has 2 aliphatic carbocycles. The molecule has 188 valence electrons. The smallest absolute Gasteiger partial charge is 0.303 e. The first kappa shape index (κ1) is 28.6. The van der Waals surface area contributed by atoms with Gasteiger partial charge in [-0.25, -0.2) is 0 Å². The van der Waals surface area contributed by atoms with E-state index in [9.17, 15) is 50.4 Å². The van der Waals surface area contributed by atoms with Crippen LogP contribution in [0.3, 0.4) is 0 Å². The number of carbonyl (C=O) groups is 2. The number of aliphatic hydroxyl groups excluding tert-OH is 8. The molecule has 0 saturated heterocycles. The molecule has 14 nitrogen and oxygen atoms in total. The van der Waals surface area contributed by atoms with Gasteiger partial charge in [0, 0.05) is 28.1 Å². The lowest BCUT2D eigenvalue weighted by Crippen LogP contribution is -2.65. The predicted octanol–water partition coefficient (Wildman–Crippen LogP) is -5.22. The van der Waals surface area contributed by atoms with Crippen LogP contribution in [0.4, 0.5) is 0 Å². The first-order valence-corrected chi connectivity index (χ1v) is 9.64. The van der Waals surface area contributed by atoms with Crippen molar-refractivity contribution >= 4 is 11.9 Å². The standard InChI is InChI=1S/C10H16O8.C8H16O6/c1-3(11)17-9-6(14)5(13)7(15)10(8(9)16)18-4(2)12;1-13-7-4(10)3(9)5(11)8(14-2)6(7)12/h5-10,13-16H,1-2H3;3-12H,1-2H3/t5?,6-,7+,8?,9+,10-;3?,4-,5+,6?,7+,8-. The van der Waals surface area contributed by atoms with Crippen LogP contribution in [0.25, 0.3) is 0 Å². The lowest BCUT2D eigenvalue weighted by Gasteiger charge is -2.42. The van der Waals surface area contributed by atoms with Crippen LogP contribution in [-0.4, -0.2) is 140 Å². The summed E-state index contributed by atoms with van der Waals surface area (Å²) in [6, 6.07) is 0. The van der Waals surface area contributed by atoms with Crippen molar-refractivity contribution in [2.45, 2.75) is 87.1 Å². The second-order valence-electron chi connectivity index (χ2n) is 7.47. The molecule has 0 aromatic heterocycles. The fourth-order valence-corrected chi connectivity index (χ4v) is 3.58. The number of ether oxygens (including phenoxy) is 4. The van der Waals surface area contributed by atoms with Crippen molar-refractivity contribution < 1.29 is 69.4 Å². The number of esters is 2. The van der Waals surface area contributed by atoms with Crippen molar-refractivity contribution in [3.8, 4) is 0 Å². The van der Waals surface area contributed by atoms with Gasteiger partial charge in [-0.05, 0) is 0 Å². The van der Waals surface area contributed by atoms with Crippen LogP contribution in [0, 0.1) is 0 Å². The molecule has 12 atom stereocenters. The maximum Gasteiger partial charge on any atom is 0.303 e. The summed E-state index contributed by atoms with van der Waals surface area (Å²) in [4.78, 5) is 21.6. The van der Waals surface area contributed by atoms with E-state index in [2.05, 4.69) is 9.47 Å². The molecule has 4 unspecified atom stereocenters. The van der Waals surface area contributed by atoms with Crippen molar-refractivity contribution in [3.05, 3.63) is 0 Å². The minimum absolute atomic E-state index is 0.789. The Labute approximate surface area is 183 Å². The third kappa shape index (κ3) is 6.32. The molecule has 32 heavy (non-hydrogen) atoms. The van der Waals surface area contributed by atoms with E-state index in [1.807, 2.05) is 0 Å². The van der Waals surface area contributed by atoms with Gasteiger partial charge in [0.2, 0.25) is 0 Å². The van der Waals surface area contributed by atoms with E-state index >= 15 is 0 Å². The number of methoxy groups -OCH3 is 2. The monoisotopic (exact) mass is 472 g/mol. The molecule has 0 aromatic rings. The van der Waals surface area contributed by atoms with Gasteiger partial charge < -0.3 is 59.8 Å². The highest BCUT2D eigenvalue weighted by molar-refractivity contribution is 5.67. The van der Waals surface area contributed by atoms with Gasteiger partial charge in [0.15, 0.2) is 12.2 Å². The van der Waals surface area contributed by atoms with Crippen LogP contribution in [-0.2, 0) is 28.5 Å². The number of hydrogen-bond donors (Lipinski definition) is 8. The molecular weight excluding hydrogens is 440 g/mol. The highest BCUT2D eigenvalue weighted by Crippen LogP contribution is 2.27. The Bertz CT molecular complexity index is 568. The Balaban J connectivity index is 0.000000330. The predicted molar refractivity (Wildman–Crippen MR) is 101 cm³/mol. The van der Waals surface area contributed by atoms with E-state index in [-0.39, 0.29) is 0 Å². The number of hydrogen-bond acceptors (Lipinski definition) is 14. The summed E-state index contributed by atoms with van der Waals surface area (Å²) in [5.74, 6) is -1.58. The summed E-state index contributed by atoms with van der Waals surface area (Å²) in [6.07, 6.45) is -16.8. The van der Waals surface area contributed by atoms with Crippen molar-refractivity contribution in [1.29, 1.82) is 0 Å². The van der Waals surface area contributed by atoms with Crippen LogP contribution in [0.5, 0.6) is 0 Å². The summed E-state index contributed by atoms with van der Waals surface area (Å²) < 4.78 is 18.9. The molecule has 0 heterocycles. The first-order valence-electron chi connectivity index (χ1n) is 9.64. The molecule has 0 radical (unpaired) electrons. The highest BCUT2D eigenvalue weighted by Gasteiger charge is 2.52. The zero-order valence-electron chi connectivity index (χ0n) is 18.0. The molecule has 2 fully saturated rings. The fourth-order valence-electron chi connectivity index (χ4n) is 3.58. The fraction of sp³-hybridized carbons (Fsp3) is 0.889. The van der Waals surface area contributed by atoms with Crippen molar-refractivity contribution in [3.63, 3.8) is 0 Å². The average Bonchev–Trinajstić information content (AvgIpc) is 2.72. The molecule has 0 amide bonds. The largest absolute Gasteiger partial charge is 0.457 e. The van der Waals surface area contributed by atoms with E-state index in [0.29, 0.717) is 0 Å². The van der Waals surface area contributed by atoms with Gasteiger partial charge in [0.05, 0.1) is 0 Å². The van der Waals surface area contributed by atoms with Gasteiger partial charge in [-0.3, -0.25) is 9.59 Å². The topological polar surface area (TPSA) is 233 Å². The number of aliphatic hydroxyl groups is 8. The quantitative estimate of drug-likeness (QED) is 0.179. The Morgan fingerprint density at radius 2 is 0.719 bits per heavy atom. The van der Waals surface area contributed by atoms with E-state index in [1.54, 1.807) is 0 Å². The Kier molecular flexibility index (Phi) is 10.8. The Hall–Kier alpha value is -1.46. The third-order valence-electron chi connectivity index (χ3n) is 5.24. The molecule has 0 bridgehead atoms. The number of carbonyl (C=O) groups excluding carboxylic acids is 2. The van der Waals surface area contributed by atoms with E-state index < -0.39 is 85.2 Å². The van der Waals surface area contributed by atoms with Gasteiger partial charge in [-0.2, -0.15) is 0 Å². The summed E-state index contributed by atoms with van der Waals surface area (Å²) in [5.41, 5.74) is 0. The van der Waals surface area contributed by atoms with Gasteiger partial charge in [0.1, 0.15) is 61.0 Å². The van der Waals surface area contributed by atoms with Crippen LogP contribution in [0.2, 0.25) is 0 Å². The molecule has 0 spiro atoms. The maximum absolute atomic E-state index is 10.8. The molecule has 2 aliphatic rings. The van der Waals surface area contributed by atoms with Gasteiger partial charge in [0.25, 0.3) is 0 Å². The van der Waals surface area contributed by atoms with Crippen LogP contribution < -0.4 is 0 Å². The minimum Gasteiger partial charge on any atom is -0.457 e. The summed E-state index contributed by atoms with van der Waals surface area (Å²) in [5, 5.41) is 76.4. The van der Waals surface area contributed by atoms with Gasteiger partial charge >= 0.3 is 11.9 Å². The van der Waals surface area contributed by atoms with Crippen molar-refractivity contribution in [2.75, 3.05) is 14.2 Å². The second-order valence-corrected chi connectivity index (χ2v) is 7.47. The van der Waals surface area contributed by atoms with Crippen molar-refractivity contribution in [1.82, 2.24) is 0 Å². The van der Waals surface area contributed by atoms with Crippen LogP contribution >= 0.6 is 0 Å². The summed E-state index contributed by atoms with van der Waals surface area (Å²) in [7, 11) is 2.60. The second kappa shape index (κ2) is 12.1. The molecular formula is C18H32O14. The van der Waals surface area contributed by atoms with E-state index in [0.717, 1.165) is 13.8 Å². The van der Waals surface area contributed by atoms with E-state index in [4.69, 9.17) is 9.47 Å². The van der Waals surface area contributed by atoms with Gasteiger partial charge in [-0.1, -0.05) is 0 Å².